The zero-order valence-corrected chi connectivity index (χ0v) is 10.9. The number of hydrogen-bond donors (Lipinski definition) is 2. The van der Waals surface area contributed by atoms with Crippen molar-refractivity contribution < 1.29 is 18.7 Å². The molecule has 8 heteroatoms. The second-order valence-electron chi connectivity index (χ2n) is 3.58. The number of nitrogens with one attached hydrogen (secondary N) is 1. The molecule has 100 valence electrons. The fourth-order valence-electron chi connectivity index (χ4n) is 1.37. The number of benzene rings is 1. The quantitative estimate of drug-likeness (QED) is 0.908. The minimum Gasteiger partial charge on any atom is -0.481 e. The number of carbonyl (C=O) groups is 1. The minimum atomic E-state index is -1.01. The zero-order valence-electron chi connectivity index (χ0n) is 9.28. The van der Waals surface area contributed by atoms with E-state index in [1.807, 2.05) is 0 Å². The largest absolute Gasteiger partial charge is 0.481 e. The molecule has 0 saturated carbocycles. The van der Waals surface area contributed by atoms with Gasteiger partial charge in [-0.3, -0.25) is 4.79 Å². The monoisotopic (exact) mass is 304 g/mol. The molecular formula is C11H7ClF2N2O2S. The summed E-state index contributed by atoms with van der Waals surface area (Å²) in [6.45, 7) is 0. The summed E-state index contributed by atoms with van der Waals surface area (Å²) in [6.07, 6.45) is -0.224. The molecule has 2 rings (SSSR count). The highest BCUT2D eigenvalue weighted by atomic mass is 35.5. The molecule has 0 amide bonds. The Labute approximate surface area is 115 Å². The Hall–Kier alpha value is -1.73. The van der Waals surface area contributed by atoms with Gasteiger partial charge in [0, 0.05) is 11.4 Å². The molecule has 0 saturated heterocycles. The van der Waals surface area contributed by atoms with Crippen molar-refractivity contribution in [1.29, 1.82) is 0 Å². The number of thiazole rings is 1. The topological polar surface area (TPSA) is 62.2 Å². The summed E-state index contributed by atoms with van der Waals surface area (Å²) >= 11 is 6.82. The van der Waals surface area contributed by atoms with Crippen molar-refractivity contribution in [3.63, 3.8) is 0 Å². The Morgan fingerprint density at radius 1 is 1.47 bits per heavy atom. The predicted molar refractivity (Wildman–Crippen MR) is 68.1 cm³/mol. The summed E-state index contributed by atoms with van der Waals surface area (Å²) in [5.74, 6) is -2.64. The molecule has 0 radical (unpaired) electrons. The van der Waals surface area contributed by atoms with Crippen LogP contribution in [0.15, 0.2) is 17.5 Å². The van der Waals surface area contributed by atoms with Crippen LogP contribution in [0.1, 0.15) is 5.69 Å². The summed E-state index contributed by atoms with van der Waals surface area (Å²) in [5, 5.41) is 12.9. The first-order valence-electron chi connectivity index (χ1n) is 5.03. The number of carboxylic acid groups (broad SMARTS) is 1. The van der Waals surface area contributed by atoms with Crippen molar-refractivity contribution in [3.8, 4) is 0 Å². The SMILES string of the molecule is O=C(O)Cc1csc(Nc2c(F)cc(F)cc2Cl)n1. The van der Waals surface area contributed by atoms with E-state index in [9.17, 15) is 13.6 Å². The van der Waals surface area contributed by atoms with Crippen molar-refractivity contribution in [2.75, 3.05) is 5.32 Å². The van der Waals surface area contributed by atoms with E-state index >= 15 is 0 Å². The molecule has 0 bridgehead atoms. The van der Waals surface area contributed by atoms with Crippen LogP contribution in [0.2, 0.25) is 5.02 Å². The normalized spacial score (nSPS) is 10.5. The Bertz CT molecular complexity index is 610. The molecule has 0 aliphatic carbocycles. The van der Waals surface area contributed by atoms with Crippen molar-refractivity contribution in [2.24, 2.45) is 0 Å². The van der Waals surface area contributed by atoms with Gasteiger partial charge in [0.15, 0.2) is 10.9 Å². The zero-order chi connectivity index (χ0) is 14.0. The lowest BCUT2D eigenvalue weighted by Gasteiger charge is -2.06. The van der Waals surface area contributed by atoms with Crippen molar-refractivity contribution in [1.82, 2.24) is 4.98 Å². The fraction of sp³-hybridized carbons (Fsp3) is 0.0909. The lowest BCUT2D eigenvalue weighted by molar-refractivity contribution is -0.136. The van der Waals surface area contributed by atoms with Gasteiger partial charge in [-0.2, -0.15) is 0 Å². The van der Waals surface area contributed by atoms with Gasteiger partial charge in [0.1, 0.15) is 5.82 Å². The first-order valence-corrected chi connectivity index (χ1v) is 6.29. The maximum Gasteiger partial charge on any atom is 0.309 e. The van der Waals surface area contributed by atoms with Crippen LogP contribution >= 0.6 is 22.9 Å². The number of carboxylic acids is 1. The molecule has 0 atom stereocenters. The molecule has 2 N–H and O–H groups in total. The van der Waals surface area contributed by atoms with Gasteiger partial charge < -0.3 is 10.4 Å². The van der Waals surface area contributed by atoms with Gasteiger partial charge in [0.05, 0.1) is 22.8 Å². The summed E-state index contributed by atoms with van der Waals surface area (Å²) in [7, 11) is 0. The molecular weight excluding hydrogens is 298 g/mol. The van der Waals surface area contributed by atoms with Crippen LogP contribution in [0.3, 0.4) is 0 Å². The molecule has 0 fully saturated rings. The third-order valence-electron chi connectivity index (χ3n) is 2.12. The molecule has 1 aromatic heterocycles. The average Bonchev–Trinajstić information content (AvgIpc) is 2.70. The van der Waals surface area contributed by atoms with Crippen LogP contribution in [0.4, 0.5) is 19.6 Å². The van der Waals surface area contributed by atoms with Crippen LogP contribution < -0.4 is 5.32 Å². The number of nitrogens with zero attached hydrogens (tertiary/aromatic N) is 1. The van der Waals surface area contributed by atoms with E-state index in [-0.39, 0.29) is 22.3 Å². The van der Waals surface area contributed by atoms with E-state index < -0.39 is 17.6 Å². The molecule has 0 aliphatic rings. The third kappa shape index (κ3) is 3.39. The minimum absolute atomic E-state index is 0.0979. The molecule has 0 spiro atoms. The predicted octanol–water partition coefficient (Wildman–Crippen LogP) is 3.45. The highest BCUT2D eigenvalue weighted by Crippen LogP contribution is 2.30. The third-order valence-corrected chi connectivity index (χ3v) is 3.23. The van der Waals surface area contributed by atoms with E-state index in [1.165, 1.54) is 5.38 Å². The maximum atomic E-state index is 13.5. The molecule has 0 unspecified atom stereocenters. The van der Waals surface area contributed by atoms with Crippen molar-refractivity contribution in [3.05, 3.63) is 39.9 Å². The van der Waals surface area contributed by atoms with Crippen LogP contribution in [-0.4, -0.2) is 16.1 Å². The van der Waals surface area contributed by atoms with Crippen LogP contribution in [0.25, 0.3) is 0 Å². The first kappa shape index (κ1) is 13.7. The number of halogens is 3. The summed E-state index contributed by atoms with van der Waals surface area (Å²) in [5.41, 5.74) is 0.248. The second kappa shape index (κ2) is 5.50. The van der Waals surface area contributed by atoms with Crippen LogP contribution in [-0.2, 0) is 11.2 Å². The van der Waals surface area contributed by atoms with Gasteiger partial charge in [-0.1, -0.05) is 11.6 Å². The number of aliphatic carboxylic acids is 1. The van der Waals surface area contributed by atoms with Gasteiger partial charge in [-0.25, -0.2) is 13.8 Å². The summed E-state index contributed by atoms with van der Waals surface area (Å²) in [6, 6.07) is 1.67. The molecule has 0 aliphatic heterocycles. The van der Waals surface area contributed by atoms with Gasteiger partial charge in [0.25, 0.3) is 0 Å². The number of hydrogen-bond acceptors (Lipinski definition) is 4. The lowest BCUT2D eigenvalue weighted by Crippen LogP contribution is -2.01. The van der Waals surface area contributed by atoms with Crippen LogP contribution in [0, 0.1) is 11.6 Å². The van der Waals surface area contributed by atoms with E-state index in [1.54, 1.807) is 0 Å². The van der Waals surface area contributed by atoms with Gasteiger partial charge in [-0.15, -0.1) is 11.3 Å². The highest BCUT2D eigenvalue weighted by Gasteiger charge is 2.12. The molecule has 19 heavy (non-hydrogen) atoms. The van der Waals surface area contributed by atoms with Gasteiger partial charge in [0.2, 0.25) is 0 Å². The Morgan fingerprint density at radius 2 is 2.21 bits per heavy atom. The standard InChI is InChI=1S/C11H7ClF2N2O2S/c12-7-1-5(13)2-8(14)10(7)16-11-15-6(4-19-11)3-9(17)18/h1-2,4H,3H2,(H,15,16)(H,17,18). The molecule has 1 aromatic carbocycles. The van der Waals surface area contributed by atoms with E-state index in [2.05, 4.69) is 10.3 Å². The molecule has 1 heterocycles. The Balaban J connectivity index is 2.22. The number of rotatable bonds is 4. The molecule has 4 nitrogen and oxygen atoms in total. The fourth-order valence-corrected chi connectivity index (χ4v) is 2.33. The van der Waals surface area contributed by atoms with Crippen LogP contribution in [0.5, 0.6) is 0 Å². The summed E-state index contributed by atoms with van der Waals surface area (Å²) in [4.78, 5) is 14.5. The van der Waals surface area contributed by atoms with E-state index in [4.69, 9.17) is 16.7 Å². The van der Waals surface area contributed by atoms with E-state index in [0.29, 0.717) is 11.8 Å². The number of anilines is 2. The Kier molecular flexibility index (Phi) is 3.96. The summed E-state index contributed by atoms with van der Waals surface area (Å²) < 4.78 is 26.4. The van der Waals surface area contributed by atoms with Gasteiger partial charge in [-0.05, 0) is 6.07 Å². The second-order valence-corrected chi connectivity index (χ2v) is 4.85. The average molecular weight is 305 g/mol. The highest BCUT2D eigenvalue weighted by molar-refractivity contribution is 7.13. The number of aromatic nitrogens is 1. The van der Waals surface area contributed by atoms with Crippen molar-refractivity contribution >= 4 is 39.7 Å². The lowest BCUT2D eigenvalue weighted by atomic mass is 10.3. The van der Waals surface area contributed by atoms with Crippen molar-refractivity contribution in [2.45, 2.75) is 6.42 Å². The van der Waals surface area contributed by atoms with E-state index in [0.717, 1.165) is 17.4 Å². The molecule has 2 aromatic rings. The Morgan fingerprint density at radius 3 is 2.84 bits per heavy atom. The maximum absolute atomic E-state index is 13.5. The van der Waals surface area contributed by atoms with Gasteiger partial charge >= 0.3 is 5.97 Å². The smallest absolute Gasteiger partial charge is 0.309 e. The first-order chi connectivity index (χ1) is 8.95.